The highest BCUT2D eigenvalue weighted by Gasteiger charge is 2.07. The van der Waals surface area contributed by atoms with E-state index in [2.05, 4.69) is 5.32 Å². The second kappa shape index (κ2) is 8.50. The van der Waals surface area contributed by atoms with Gasteiger partial charge in [-0.05, 0) is 24.2 Å². The van der Waals surface area contributed by atoms with E-state index in [0.717, 1.165) is 24.4 Å². The van der Waals surface area contributed by atoms with Crippen molar-refractivity contribution in [2.45, 2.75) is 13.5 Å². The Morgan fingerprint density at radius 3 is 2.58 bits per heavy atom. The Bertz CT molecular complexity index is 379. The Kier molecular flexibility index (Phi) is 6.92. The summed E-state index contributed by atoms with van der Waals surface area (Å²) in [7, 11) is 1.64. The third kappa shape index (κ3) is 5.72. The maximum Gasteiger partial charge on any atom is 0.233 e. The summed E-state index contributed by atoms with van der Waals surface area (Å²) < 4.78 is 5.64. The highest BCUT2D eigenvalue weighted by atomic mass is 16.5. The highest BCUT2D eigenvalue weighted by Crippen LogP contribution is 2.11. The number of nitrogens with zero attached hydrogens (tertiary/aromatic N) is 1. The molecule has 5 nitrogen and oxygen atoms in total. The van der Waals surface area contributed by atoms with Crippen molar-refractivity contribution in [3.8, 4) is 5.75 Å². The monoisotopic (exact) mass is 265 g/mol. The molecule has 0 spiro atoms. The van der Waals surface area contributed by atoms with Crippen molar-refractivity contribution in [2.24, 2.45) is 5.73 Å². The summed E-state index contributed by atoms with van der Waals surface area (Å²) in [6.45, 7) is 5.08. The molecule has 0 unspecified atom stereocenters. The van der Waals surface area contributed by atoms with Crippen molar-refractivity contribution < 1.29 is 9.53 Å². The summed E-state index contributed by atoms with van der Waals surface area (Å²) in [5.41, 5.74) is 6.62. The van der Waals surface area contributed by atoms with Crippen LogP contribution in [0.15, 0.2) is 24.3 Å². The highest BCUT2D eigenvalue weighted by molar-refractivity contribution is 5.77. The standard InChI is InChI=1S/C14H23N3O2/c1-3-17(11-14(18)16-2)8-9-19-13-6-4-12(10-15)5-7-13/h4-7H,3,8-11,15H2,1-2H3,(H,16,18). The summed E-state index contributed by atoms with van der Waals surface area (Å²) >= 11 is 0. The maximum atomic E-state index is 11.3. The van der Waals surface area contributed by atoms with Gasteiger partial charge in [-0.1, -0.05) is 19.1 Å². The molecule has 3 N–H and O–H groups in total. The van der Waals surface area contributed by atoms with Gasteiger partial charge in [-0.25, -0.2) is 0 Å². The van der Waals surface area contributed by atoms with Crippen LogP contribution >= 0.6 is 0 Å². The summed E-state index contributed by atoms with van der Waals surface area (Å²) in [6, 6.07) is 7.74. The van der Waals surface area contributed by atoms with Gasteiger partial charge in [0.05, 0.1) is 6.54 Å². The zero-order chi connectivity index (χ0) is 14.1. The Hall–Kier alpha value is -1.59. The van der Waals surface area contributed by atoms with Gasteiger partial charge in [0.1, 0.15) is 12.4 Å². The van der Waals surface area contributed by atoms with Crippen LogP contribution in [0, 0.1) is 0 Å². The molecule has 0 saturated carbocycles. The molecule has 106 valence electrons. The molecular weight excluding hydrogens is 242 g/mol. The van der Waals surface area contributed by atoms with E-state index in [1.165, 1.54) is 0 Å². The number of likely N-dealkylation sites (N-methyl/N-ethyl adjacent to an activating group) is 2. The number of hydrogen-bond donors (Lipinski definition) is 2. The minimum absolute atomic E-state index is 0.0224. The summed E-state index contributed by atoms with van der Waals surface area (Å²) in [4.78, 5) is 13.3. The Balaban J connectivity index is 2.32. The van der Waals surface area contributed by atoms with Gasteiger partial charge in [0, 0.05) is 20.1 Å². The van der Waals surface area contributed by atoms with Crippen LogP contribution in [0.5, 0.6) is 5.75 Å². The Labute approximate surface area is 114 Å². The van der Waals surface area contributed by atoms with Gasteiger partial charge in [-0.15, -0.1) is 0 Å². The zero-order valence-corrected chi connectivity index (χ0v) is 11.7. The minimum Gasteiger partial charge on any atom is -0.492 e. The number of nitrogens with one attached hydrogen (secondary N) is 1. The van der Waals surface area contributed by atoms with E-state index in [1.807, 2.05) is 36.1 Å². The molecule has 0 aliphatic rings. The minimum atomic E-state index is 0.0224. The van der Waals surface area contributed by atoms with E-state index in [0.29, 0.717) is 19.7 Å². The van der Waals surface area contributed by atoms with Gasteiger partial charge in [0.2, 0.25) is 5.91 Å². The molecule has 0 heterocycles. The fraction of sp³-hybridized carbons (Fsp3) is 0.500. The normalized spacial score (nSPS) is 10.5. The molecule has 1 rings (SSSR count). The van der Waals surface area contributed by atoms with Gasteiger partial charge in [-0.3, -0.25) is 9.69 Å². The van der Waals surface area contributed by atoms with Crippen molar-refractivity contribution >= 4 is 5.91 Å². The zero-order valence-electron chi connectivity index (χ0n) is 11.7. The first-order valence-electron chi connectivity index (χ1n) is 6.54. The second-order valence-electron chi connectivity index (χ2n) is 4.24. The van der Waals surface area contributed by atoms with Crippen LogP contribution in [-0.4, -0.2) is 44.1 Å². The predicted molar refractivity (Wildman–Crippen MR) is 76.0 cm³/mol. The number of ether oxygens (including phenoxy) is 1. The summed E-state index contributed by atoms with van der Waals surface area (Å²) in [6.07, 6.45) is 0. The first-order valence-corrected chi connectivity index (χ1v) is 6.54. The van der Waals surface area contributed by atoms with Crippen LogP contribution in [0.2, 0.25) is 0 Å². The SMILES string of the molecule is CCN(CCOc1ccc(CN)cc1)CC(=O)NC. The quantitative estimate of drug-likeness (QED) is 0.722. The predicted octanol–water partition coefficient (Wildman–Crippen LogP) is 0.592. The summed E-state index contributed by atoms with van der Waals surface area (Å²) in [5.74, 6) is 0.849. The Morgan fingerprint density at radius 2 is 2.05 bits per heavy atom. The summed E-state index contributed by atoms with van der Waals surface area (Å²) in [5, 5.41) is 2.62. The number of benzene rings is 1. The van der Waals surface area contributed by atoms with Crippen molar-refractivity contribution in [1.29, 1.82) is 0 Å². The van der Waals surface area contributed by atoms with Crippen molar-refractivity contribution in [2.75, 3.05) is 33.3 Å². The third-order valence-corrected chi connectivity index (χ3v) is 2.93. The Morgan fingerprint density at radius 1 is 1.37 bits per heavy atom. The van der Waals surface area contributed by atoms with E-state index in [-0.39, 0.29) is 5.91 Å². The van der Waals surface area contributed by atoms with Gasteiger partial charge < -0.3 is 15.8 Å². The van der Waals surface area contributed by atoms with Crippen LogP contribution in [0.3, 0.4) is 0 Å². The van der Waals surface area contributed by atoms with Crippen LogP contribution in [0.25, 0.3) is 0 Å². The third-order valence-electron chi connectivity index (χ3n) is 2.93. The first kappa shape index (κ1) is 15.5. The molecular formula is C14H23N3O2. The lowest BCUT2D eigenvalue weighted by Gasteiger charge is -2.19. The van der Waals surface area contributed by atoms with Crippen molar-refractivity contribution in [3.63, 3.8) is 0 Å². The lowest BCUT2D eigenvalue weighted by atomic mass is 10.2. The van der Waals surface area contributed by atoms with Crippen LogP contribution in [-0.2, 0) is 11.3 Å². The topological polar surface area (TPSA) is 67.6 Å². The molecule has 0 saturated heterocycles. The number of carbonyl (C=O) groups is 1. The van der Waals surface area contributed by atoms with Crippen LogP contribution < -0.4 is 15.8 Å². The number of carbonyl (C=O) groups excluding carboxylic acids is 1. The average Bonchev–Trinajstić information content (AvgIpc) is 2.46. The molecule has 0 aromatic heterocycles. The van der Waals surface area contributed by atoms with Crippen LogP contribution in [0.1, 0.15) is 12.5 Å². The average molecular weight is 265 g/mol. The lowest BCUT2D eigenvalue weighted by molar-refractivity contribution is -0.121. The molecule has 0 aliphatic carbocycles. The van der Waals surface area contributed by atoms with E-state index >= 15 is 0 Å². The lowest BCUT2D eigenvalue weighted by Crippen LogP contribution is -2.37. The number of hydrogen-bond acceptors (Lipinski definition) is 4. The molecule has 0 aliphatic heterocycles. The molecule has 1 amide bonds. The fourth-order valence-electron chi connectivity index (χ4n) is 1.65. The smallest absolute Gasteiger partial charge is 0.233 e. The maximum absolute atomic E-state index is 11.3. The molecule has 1 aromatic carbocycles. The van der Waals surface area contributed by atoms with Gasteiger partial charge >= 0.3 is 0 Å². The molecule has 19 heavy (non-hydrogen) atoms. The van der Waals surface area contributed by atoms with Gasteiger partial charge in [-0.2, -0.15) is 0 Å². The fourth-order valence-corrected chi connectivity index (χ4v) is 1.65. The van der Waals surface area contributed by atoms with Crippen molar-refractivity contribution in [3.05, 3.63) is 29.8 Å². The van der Waals surface area contributed by atoms with Gasteiger partial charge in [0.25, 0.3) is 0 Å². The number of rotatable bonds is 8. The molecule has 0 radical (unpaired) electrons. The van der Waals surface area contributed by atoms with Gasteiger partial charge in [0.15, 0.2) is 0 Å². The van der Waals surface area contributed by atoms with E-state index in [9.17, 15) is 4.79 Å². The second-order valence-corrected chi connectivity index (χ2v) is 4.24. The number of amides is 1. The largest absolute Gasteiger partial charge is 0.492 e. The first-order chi connectivity index (χ1) is 9.19. The number of nitrogens with two attached hydrogens (primary N) is 1. The molecule has 0 atom stereocenters. The van der Waals surface area contributed by atoms with E-state index < -0.39 is 0 Å². The van der Waals surface area contributed by atoms with E-state index in [1.54, 1.807) is 7.05 Å². The van der Waals surface area contributed by atoms with Crippen LogP contribution in [0.4, 0.5) is 0 Å². The molecule has 0 fully saturated rings. The van der Waals surface area contributed by atoms with E-state index in [4.69, 9.17) is 10.5 Å². The molecule has 0 bridgehead atoms. The van der Waals surface area contributed by atoms with Crippen molar-refractivity contribution in [1.82, 2.24) is 10.2 Å². The molecule has 5 heteroatoms. The molecule has 1 aromatic rings.